The van der Waals surface area contributed by atoms with E-state index in [1.807, 2.05) is 0 Å². The molecule has 0 aliphatic rings. The Morgan fingerprint density at radius 3 is 1.65 bits per heavy atom. The topological polar surface area (TPSA) is 102 Å². The van der Waals surface area contributed by atoms with Crippen LogP contribution in [0.15, 0.2) is 60.7 Å². The molecule has 0 spiro atoms. The third-order valence-corrected chi connectivity index (χ3v) is 6.01. The van der Waals surface area contributed by atoms with Crippen LogP contribution in [0.5, 0.6) is 0 Å². The Balaban J connectivity index is 0.00000648. The molecule has 2 amide bonds. The van der Waals surface area contributed by atoms with E-state index in [0.717, 1.165) is 51.9 Å². The summed E-state index contributed by atoms with van der Waals surface area (Å²) < 4.78 is 0. The molecule has 0 atom stereocenters. The third-order valence-electron chi connectivity index (χ3n) is 6.01. The Kier molecular flexibility index (Phi) is 22.2. The van der Waals surface area contributed by atoms with Crippen molar-refractivity contribution in [3.63, 3.8) is 0 Å². The zero-order valence-corrected chi connectivity index (χ0v) is 25.0. The summed E-state index contributed by atoms with van der Waals surface area (Å²) in [5.41, 5.74) is 4.33. The molecule has 5 N–H and O–H groups in total. The van der Waals surface area contributed by atoms with Gasteiger partial charge in [0.2, 0.25) is 11.8 Å². The van der Waals surface area contributed by atoms with Gasteiger partial charge in [-0.25, -0.2) is 5.48 Å². The lowest BCUT2D eigenvalue weighted by Gasteiger charge is -2.18. The lowest BCUT2D eigenvalue weighted by Crippen LogP contribution is -2.27. The van der Waals surface area contributed by atoms with Gasteiger partial charge in [0.15, 0.2) is 0 Å². The molecular formula is C28H44Br2N4O3. The van der Waals surface area contributed by atoms with Gasteiger partial charge in [0.05, 0.1) is 0 Å². The molecule has 0 aliphatic carbocycles. The Bertz CT molecular complexity index is 789. The molecule has 0 unspecified atom stereocenters. The standard InChI is InChI=1S/C28H42N4O3.2BrH/c33-27(16-7-8-17-28(34)32-35)31-22-11-21-29-19-9-10-20-30-23-18-26(24-12-3-1-4-13-24)25-14-5-2-6-15-25;;/h1-6,12-15,26,29-30,35H,7-11,16-23H2,(H,31,33)(H,32,34);2*1H. The van der Waals surface area contributed by atoms with Gasteiger partial charge >= 0.3 is 0 Å². The number of carbonyl (C=O) groups excluding carboxylic acids is 2. The fourth-order valence-electron chi connectivity index (χ4n) is 4.05. The summed E-state index contributed by atoms with van der Waals surface area (Å²) in [6, 6.07) is 21.5. The maximum atomic E-state index is 11.7. The van der Waals surface area contributed by atoms with Crippen molar-refractivity contribution in [3.05, 3.63) is 71.8 Å². The van der Waals surface area contributed by atoms with Crippen LogP contribution in [0.1, 0.15) is 68.4 Å². The van der Waals surface area contributed by atoms with E-state index >= 15 is 0 Å². The van der Waals surface area contributed by atoms with Gasteiger partial charge in [0, 0.05) is 25.3 Å². The van der Waals surface area contributed by atoms with Crippen LogP contribution >= 0.6 is 34.0 Å². The lowest BCUT2D eigenvalue weighted by molar-refractivity contribution is -0.129. The van der Waals surface area contributed by atoms with Crippen molar-refractivity contribution in [3.8, 4) is 0 Å². The van der Waals surface area contributed by atoms with Gasteiger partial charge in [0.1, 0.15) is 0 Å². The minimum atomic E-state index is -0.410. The molecule has 0 radical (unpaired) electrons. The molecule has 0 aliphatic heterocycles. The number of unbranched alkanes of at least 4 members (excludes halogenated alkanes) is 2. The highest BCUT2D eigenvalue weighted by atomic mass is 79.9. The number of hydrogen-bond donors (Lipinski definition) is 5. The largest absolute Gasteiger partial charge is 0.356 e. The Morgan fingerprint density at radius 2 is 1.11 bits per heavy atom. The molecule has 208 valence electrons. The van der Waals surface area contributed by atoms with E-state index < -0.39 is 5.91 Å². The minimum Gasteiger partial charge on any atom is -0.356 e. The highest BCUT2D eigenvalue weighted by molar-refractivity contribution is 8.93. The van der Waals surface area contributed by atoms with Crippen molar-refractivity contribution in [1.82, 2.24) is 21.4 Å². The van der Waals surface area contributed by atoms with Crippen LogP contribution in [-0.2, 0) is 9.59 Å². The second-order valence-electron chi connectivity index (χ2n) is 8.82. The molecule has 7 nitrogen and oxygen atoms in total. The normalized spacial score (nSPS) is 10.3. The first-order chi connectivity index (χ1) is 17.2. The molecule has 2 rings (SSSR count). The molecule has 0 saturated carbocycles. The minimum absolute atomic E-state index is 0. The average Bonchev–Trinajstić information content (AvgIpc) is 2.90. The van der Waals surface area contributed by atoms with Gasteiger partial charge in [-0.1, -0.05) is 60.7 Å². The van der Waals surface area contributed by atoms with Crippen LogP contribution in [0.2, 0.25) is 0 Å². The number of carbonyl (C=O) groups is 2. The number of amides is 2. The van der Waals surface area contributed by atoms with Crippen LogP contribution < -0.4 is 21.4 Å². The summed E-state index contributed by atoms with van der Waals surface area (Å²) in [6.07, 6.45) is 6.14. The molecule has 2 aromatic carbocycles. The van der Waals surface area contributed by atoms with Gasteiger partial charge in [-0.15, -0.1) is 34.0 Å². The SMILES string of the molecule is Br.Br.O=C(CCCCC(=O)NCCCNCCCCNCCC(c1ccccc1)c1ccccc1)NO. The molecule has 0 saturated heterocycles. The molecule has 0 aromatic heterocycles. The Morgan fingerprint density at radius 1 is 0.622 bits per heavy atom. The first kappa shape index (κ1) is 35.2. The smallest absolute Gasteiger partial charge is 0.243 e. The maximum Gasteiger partial charge on any atom is 0.243 e. The number of rotatable bonds is 19. The van der Waals surface area contributed by atoms with Crippen molar-refractivity contribution in [1.29, 1.82) is 0 Å². The Hall–Kier alpha value is -1.78. The zero-order chi connectivity index (χ0) is 25.0. The van der Waals surface area contributed by atoms with Gasteiger partial charge in [-0.3, -0.25) is 14.8 Å². The summed E-state index contributed by atoms with van der Waals surface area (Å²) in [5.74, 6) is 0.0223. The molecular weight excluding hydrogens is 600 g/mol. The van der Waals surface area contributed by atoms with Crippen molar-refractivity contribution >= 4 is 45.8 Å². The van der Waals surface area contributed by atoms with E-state index in [1.54, 1.807) is 5.48 Å². The summed E-state index contributed by atoms with van der Waals surface area (Å²) in [5, 5.41) is 18.4. The molecule has 9 heteroatoms. The second kappa shape index (κ2) is 23.3. The van der Waals surface area contributed by atoms with Crippen molar-refractivity contribution in [2.75, 3.05) is 32.7 Å². The first-order valence-electron chi connectivity index (χ1n) is 12.9. The predicted molar refractivity (Wildman–Crippen MR) is 161 cm³/mol. The molecule has 0 bridgehead atoms. The highest BCUT2D eigenvalue weighted by Gasteiger charge is 2.13. The first-order valence-corrected chi connectivity index (χ1v) is 12.9. The van der Waals surface area contributed by atoms with Gasteiger partial charge in [-0.05, 0) is 75.8 Å². The van der Waals surface area contributed by atoms with Crippen LogP contribution in [-0.4, -0.2) is 49.7 Å². The van der Waals surface area contributed by atoms with Crippen molar-refractivity contribution < 1.29 is 14.8 Å². The van der Waals surface area contributed by atoms with Crippen molar-refractivity contribution in [2.24, 2.45) is 0 Å². The summed E-state index contributed by atoms with van der Waals surface area (Å²) in [6.45, 7) is 4.55. The molecule has 37 heavy (non-hydrogen) atoms. The number of hydroxylamine groups is 1. The fourth-order valence-corrected chi connectivity index (χ4v) is 4.05. The predicted octanol–water partition coefficient (Wildman–Crippen LogP) is 4.90. The summed E-state index contributed by atoms with van der Waals surface area (Å²) in [4.78, 5) is 22.6. The molecule has 0 heterocycles. The quantitative estimate of drug-likeness (QED) is 0.0852. The van der Waals surface area contributed by atoms with Crippen LogP contribution in [0, 0.1) is 0 Å². The number of halogens is 2. The van der Waals surface area contributed by atoms with E-state index in [0.29, 0.717) is 31.7 Å². The van der Waals surface area contributed by atoms with Crippen molar-refractivity contribution in [2.45, 2.75) is 57.3 Å². The van der Waals surface area contributed by atoms with E-state index in [4.69, 9.17) is 5.21 Å². The number of hydrogen-bond acceptors (Lipinski definition) is 5. The molecule has 0 fully saturated rings. The maximum absolute atomic E-state index is 11.7. The van der Waals surface area contributed by atoms with Gasteiger partial charge in [-0.2, -0.15) is 0 Å². The zero-order valence-electron chi connectivity index (χ0n) is 21.6. The number of benzene rings is 2. The van der Waals surface area contributed by atoms with E-state index in [1.165, 1.54) is 11.1 Å². The lowest BCUT2D eigenvalue weighted by atomic mass is 9.88. The van der Waals surface area contributed by atoms with E-state index in [2.05, 4.69) is 76.6 Å². The van der Waals surface area contributed by atoms with E-state index in [-0.39, 0.29) is 46.3 Å². The van der Waals surface area contributed by atoms with Gasteiger partial charge in [0.25, 0.3) is 0 Å². The monoisotopic (exact) mass is 642 g/mol. The third kappa shape index (κ3) is 16.6. The Labute approximate surface area is 243 Å². The second-order valence-corrected chi connectivity index (χ2v) is 8.82. The van der Waals surface area contributed by atoms with E-state index in [9.17, 15) is 9.59 Å². The molecule has 2 aromatic rings. The fraction of sp³-hybridized carbons (Fsp3) is 0.500. The van der Waals surface area contributed by atoms with Crippen LogP contribution in [0.3, 0.4) is 0 Å². The summed E-state index contributed by atoms with van der Waals surface area (Å²) >= 11 is 0. The van der Waals surface area contributed by atoms with Gasteiger partial charge < -0.3 is 16.0 Å². The highest BCUT2D eigenvalue weighted by Crippen LogP contribution is 2.27. The number of nitrogens with one attached hydrogen (secondary N) is 4. The van der Waals surface area contributed by atoms with Crippen LogP contribution in [0.25, 0.3) is 0 Å². The average molecular weight is 644 g/mol. The van der Waals surface area contributed by atoms with Crippen LogP contribution in [0.4, 0.5) is 0 Å². The summed E-state index contributed by atoms with van der Waals surface area (Å²) in [7, 11) is 0.